The largest absolute Gasteiger partial charge is 0.393 e. The van der Waals surface area contributed by atoms with E-state index < -0.39 is 0 Å². The van der Waals surface area contributed by atoms with Crippen molar-refractivity contribution < 1.29 is 9.90 Å². The van der Waals surface area contributed by atoms with Crippen molar-refractivity contribution in [2.45, 2.75) is 46.3 Å². The molecule has 1 fully saturated rings. The number of hydrogen-bond donors (Lipinski definition) is 2. The molecule has 5 nitrogen and oxygen atoms in total. The summed E-state index contributed by atoms with van der Waals surface area (Å²) in [7, 11) is 0. The third kappa shape index (κ3) is 3.70. The smallest absolute Gasteiger partial charge is 0.317 e. The minimum absolute atomic E-state index is 0.0286. The van der Waals surface area contributed by atoms with Gasteiger partial charge in [-0.15, -0.1) is 11.3 Å². The van der Waals surface area contributed by atoms with Crippen LogP contribution in [0.15, 0.2) is 0 Å². The van der Waals surface area contributed by atoms with Crippen LogP contribution in [0.2, 0.25) is 0 Å². The summed E-state index contributed by atoms with van der Waals surface area (Å²) >= 11 is 1.66. The molecular formula is C14H23N3O2S. The highest BCUT2D eigenvalue weighted by atomic mass is 32.1. The number of aliphatic hydroxyl groups is 1. The van der Waals surface area contributed by atoms with E-state index in [1.165, 1.54) is 0 Å². The lowest BCUT2D eigenvalue weighted by Gasteiger charge is -2.33. The van der Waals surface area contributed by atoms with Crippen molar-refractivity contribution in [1.29, 1.82) is 0 Å². The lowest BCUT2D eigenvalue weighted by atomic mass is 9.92. The maximum Gasteiger partial charge on any atom is 0.317 e. The SMILES string of the molecule is Cc1nc(CNC(=O)N2CCC(C(C)O)CC2)c(C)s1. The van der Waals surface area contributed by atoms with Gasteiger partial charge in [0.2, 0.25) is 0 Å². The third-order valence-electron chi connectivity index (χ3n) is 3.92. The Morgan fingerprint density at radius 3 is 2.65 bits per heavy atom. The Bertz CT molecular complexity index is 465. The molecule has 1 aromatic rings. The minimum Gasteiger partial charge on any atom is -0.393 e. The molecule has 0 aliphatic carbocycles. The third-order valence-corrected chi connectivity index (χ3v) is 4.84. The summed E-state index contributed by atoms with van der Waals surface area (Å²) in [5.74, 6) is 0.322. The number of hydrogen-bond acceptors (Lipinski definition) is 4. The van der Waals surface area contributed by atoms with Crippen molar-refractivity contribution in [3.05, 3.63) is 15.6 Å². The summed E-state index contributed by atoms with van der Waals surface area (Å²) in [4.78, 5) is 19.5. The van der Waals surface area contributed by atoms with Crippen LogP contribution in [0.3, 0.4) is 0 Å². The molecule has 1 atom stereocenters. The Hall–Kier alpha value is -1.14. The summed E-state index contributed by atoms with van der Waals surface area (Å²) < 4.78 is 0. The second kappa shape index (κ2) is 6.54. The number of urea groups is 1. The highest BCUT2D eigenvalue weighted by Crippen LogP contribution is 2.20. The number of nitrogens with zero attached hydrogens (tertiary/aromatic N) is 2. The van der Waals surface area contributed by atoms with Crippen LogP contribution in [0.5, 0.6) is 0 Å². The predicted molar refractivity (Wildman–Crippen MR) is 79.8 cm³/mol. The molecule has 1 aliphatic rings. The van der Waals surface area contributed by atoms with Crippen LogP contribution in [0.4, 0.5) is 4.79 Å². The molecule has 6 heteroatoms. The van der Waals surface area contributed by atoms with Crippen molar-refractivity contribution >= 4 is 17.4 Å². The van der Waals surface area contributed by atoms with Crippen molar-refractivity contribution in [3.8, 4) is 0 Å². The van der Waals surface area contributed by atoms with Crippen LogP contribution < -0.4 is 5.32 Å². The van der Waals surface area contributed by atoms with E-state index >= 15 is 0 Å². The maximum absolute atomic E-state index is 12.1. The van der Waals surface area contributed by atoms with Gasteiger partial charge in [0.15, 0.2) is 0 Å². The van der Waals surface area contributed by atoms with E-state index in [1.807, 2.05) is 25.7 Å². The highest BCUT2D eigenvalue weighted by Gasteiger charge is 2.25. The fraction of sp³-hybridized carbons (Fsp3) is 0.714. The molecule has 0 spiro atoms. The number of aryl methyl sites for hydroxylation is 2. The van der Waals surface area contributed by atoms with Crippen molar-refractivity contribution in [2.24, 2.45) is 5.92 Å². The number of likely N-dealkylation sites (tertiary alicyclic amines) is 1. The number of aromatic nitrogens is 1. The molecule has 1 unspecified atom stereocenters. The molecule has 20 heavy (non-hydrogen) atoms. The number of nitrogens with one attached hydrogen (secondary N) is 1. The predicted octanol–water partition coefficient (Wildman–Crippen LogP) is 2.06. The summed E-state index contributed by atoms with van der Waals surface area (Å²) in [6.07, 6.45) is 1.47. The van der Waals surface area contributed by atoms with Gasteiger partial charge in [-0.3, -0.25) is 0 Å². The standard InChI is InChI=1S/C14H23N3O2S/c1-9(18)12-4-6-17(7-5-12)14(19)15-8-13-10(2)20-11(3)16-13/h9,12,18H,4-8H2,1-3H3,(H,15,19). The lowest BCUT2D eigenvalue weighted by Crippen LogP contribution is -2.45. The molecule has 0 saturated carbocycles. The normalized spacial score (nSPS) is 18.1. The topological polar surface area (TPSA) is 65.5 Å². The zero-order valence-electron chi connectivity index (χ0n) is 12.3. The molecule has 2 amide bonds. The number of aliphatic hydroxyl groups excluding tert-OH is 1. The van der Waals surface area contributed by atoms with Crippen LogP contribution in [-0.2, 0) is 6.54 Å². The molecule has 0 aromatic carbocycles. The van der Waals surface area contributed by atoms with Gasteiger partial charge in [0.05, 0.1) is 23.4 Å². The molecular weight excluding hydrogens is 274 g/mol. The van der Waals surface area contributed by atoms with Gasteiger partial charge < -0.3 is 15.3 Å². The van der Waals surface area contributed by atoms with Crippen molar-refractivity contribution in [3.63, 3.8) is 0 Å². The molecule has 1 aliphatic heterocycles. The maximum atomic E-state index is 12.1. The van der Waals surface area contributed by atoms with Gasteiger partial charge in [-0.1, -0.05) is 0 Å². The van der Waals surface area contributed by atoms with Gasteiger partial charge in [0.1, 0.15) is 0 Å². The summed E-state index contributed by atoms with van der Waals surface area (Å²) in [5, 5.41) is 13.5. The Kier molecular flexibility index (Phi) is 4.99. The number of carbonyl (C=O) groups is 1. The second-order valence-electron chi connectivity index (χ2n) is 5.46. The van der Waals surface area contributed by atoms with Gasteiger partial charge in [-0.25, -0.2) is 9.78 Å². The van der Waals surface area contributed by atoms with Crippen LogP contribution in [-0.4, -0.2) is 40.2 Å². The van der Waals surface area contributed by atoms with Crippen molar-refractivity contribution in [2.75, 3.05) is 13.1 Å². The van der Waals surface area contributed by atoms with Gasteiger partial charge >= 0.3 is 6.03 Å². The number of rotatable bonds is 3. The number of carbonyl (C=O) groups excluding carboxylic acids is 1. The van der Waals surface area contributed by atoms with E-state index in [1.54, 1.807) is 11.3 Å². The summed E-state index contributed by atoms with van der Waals surface area (Å²) in [6.45, 7) is 7.76. The highest BCUT2D eigenvalue weighted by molar-refractivity contribution is 7.11. The Balaban J connectivity index is 1.80. The average Bonchev–Trinajstić information content (AvgIpc) is 2.74. The first-order chi connectivity index (χ1) is 9.47. The first-order valence-corrected chi connectivity index (χ1v) is 7.92. The molecule has 2 N–H and O–H groups in total. The summed E-state index contributed by atoms with van der Waals surface area (Å²) in [6, 6.07) is -0.0286. The Morgan fingerprint density at radius 2 is 2.15 bits per heavy atom. The molecule has 2 heterocycles. The van der Waals surface area contributed by atoms with Gasteiger partial charge in [0.25, 0.3) is 0 Å². The number of thiazole rings is 1. The first kappa shape index (κ1) is 15.3. The zero-order chi connectivity index (χ0) is 14.7. The van der Waals surface area contributed by atoms with Crippen LogP contribution in [0.1, 0.15) is 35.3 Å². The lowest BCUT2D eigenvalue weighted by molar-refractivity contribution is 0.0797. The molecule has 112 valence electrons. The molecule has 0 radical (unpaired) electrons. The summed E-state index contributed by atoms with van der Waals surface area (Å²) in [5.41, 5.74) is 0.958. The fourth-order valence-corrected chi connectivity index (χ4v) is 3.43. The van der Waals surface area contributed by atoms with E-state index in [4.69, 9.17) is 0 Å². The van der Waals surface area contributed by atoms with Crippen LogP contribution >= 0.6 is 11.3 Å². The second-order valence-corrected chi connectivity index (χ2v) is 6.87. The van der Waals surface area contributed by atoms with Crippen molar-refractivity contribution in [1.82, 2.24) is 15.2 Å². The number of piperidine rings is 1. The van der Waals surface area contributed by atoms with E-state index in [0.29, 0.717) is 12.5 Å². The minimum atomic E-state index is -0.277. The van der Waals surface area contributed by atoms with Gasteiger partial charge in [-0.05, 0) is 39.5 Å². The van der Waals surface area contributed by atoms with E-state index in [-0.39, 0.29) is 12.1 Å². The van der Waals surface area contributed by atoms with E-state index in [2.05, 4.69) is 10.3 Å². The molecule has 1 aromatic heterocycles. The average molecular weight is 297 g/mol. The fourth-order valence-electron chi connectivity index (χ4n) is 2.59. The number of amides is 2. The molecule has 2 rings (SSSR count). The first-order valence-electron chi connectivity index (χ1n) is 7.11. The quantitative estimate of drug-likeness (QED) is 0.897. The van der Waals surface area contributed by atoms with E-state index in [9.17, 15) is 9.90 Å². The monoisotopic (exact) mass is 297 g/mol. The zero-order valence-corrected chi connectivity index (χ0v) is 13.2. The van der Waals surface area contributed by atoms with Gasteiger partial charge in [0, 0.05) is 18.0 Å². The van der Waals surface area contributed by atoms with Gasteiger partial charge in [-0.2, -0.15) is 0 Å². The Labute approximate surface area is 124 Å². The molecule has 0 bridgehead atoms. The molecule has 1 saturated heterocycles. The van der Waals surface area contributed by atoms with Crippen LogP contribution in [0, 0.1) is 19.8 Å². The Morgan fingerprint density at radius 1 is 1.50 bits per heavy atom. The van der Waals surface area contributed by atoms with Crippen LogP contribution in [0.25, 0.3) is 0 Å². The van der Waals surface area contributed by atoms with E-state index in [0.717, 1.165) is 41.5 Å².